The highest BCUT2D eigenvalue weighted by atomic mass is 16.5. The van der Waals surface area contributed by atoms with Crippen molar-refractivity contribution in [3.63, 3.8) is 0 Å². The molecule has 2 aliphatic carbocycles. The molecule has 2 N–H and O–H groups in total. The van der Waals surface area contributed by atoms with Crippen molar-refractivity contribution in [3.05, 3.63) is 0 Å². The fraction of sp³-hybridized carbons (Fsp3) is 0.929. The standard InChI is InChI=1S/C14H24N2O2/c17-14(16-9-13-8-15-3-4-18-13)7-12-6-10-1-2-11(12)5-10/h10-13,15H,1-9H2,(H,16,17). The van der Waals surface area contributed by atoms with Crippen LogP contribution in [-0.2, 0) is 9.53 Å². The zero-order valence-electron chi connectivity index (χ0n) is 11.0. The fourth-order valence-corrected chi connectivity index (χ4v) is 3.92. The van der Waals surface area contributed by atoms with Gasteiger partial charge in [0.25, 0.3) is 0 Å². The highest BCUT2D eigenvalue weighted by Gasteiger charge is 2.40. The minimum Gasteiger partial charge on any atom is -0.374 e. The lowest BCUT2D eigenvalue weighted by molar-refractivity contribution is -0.123. The fourth-order valence-electron chi connectivity index (χ4n) is 3.92. The predicted molar refractivity (Wildman–Crippen MR) is 69.2 cm³/mol. The Hall–Kier alpha value is -0.610. The Labute approximate surface area is 109 Å². The Morgan fingerprint density at radius 3 is 2.94 bits per heavy atom. The van der Waals surface area contributed by atoms with Gasteiger partial charge in [0, 0.05) is 26.1 Å². The van der Waals surface area contributed by atoms with Crippen molar-refractivity contribution < 1.29 is 9.53 Å². The van der Waals surface area contributed by atoms with E-state index in [1.807, 2.05) is 0 Å². The van der Waals surface area contributed by atoms with Gasteiger partial charge in [0.15, 0.2) is 0 Å². The lowest BCUT2D eigenvalue weighted by atomic mass is 9.86. The zero-order valence-corrected chi connectivity index (χ0v) is 11.0. The average molecular weight is 252 g/mol. The maximum atomic E-state index is 11.9. The van der Waals surface area contributed by atoms with Crippen LogP contribution >= 0.6 is 0 Å². The molecule has 2 saturated carbocycles. The Morgan fingerprint density at radius 1 is 1.33 bits per heavy atom. The van der Waals surface area contributed by atoms with Crippen LogP contribution in [0.2, 0.25) is 0 Å². The molecular formula is C14H24N2O2. The summed E-state index contributed by atoms with van der Waals surface area (Å²) in [6.45, 7) is 3.20. The number of morpholine rings is 1. The molecule has 1 heterocycles. The molecule has 1 amide bonds. The van der Waals surface area contributed by atoms with Crippen LogP contribution in [0.4, 0.5) is 0 Å². The van der Waals surface area contributed by atoms with E-state index in [1.54, 1.807) is 0 Å². The Bertz CT molecular complexity index is 302. The van der Waals surface area contributed by atoms with Gasteiger partial charge in [-0.15, -0.1) is 0 Å². The molecule has 3 fully saturated rings. The average Bonchev–Trinajstić information content (AvgIpc) is 3.00. The van der Waals surface area contributed by atoms with E-state index in [0.717, 1.165) is 38.0 Å². The lowest BCUT2D eigenvalue weighted by Gasteiger charge is -2.25. The molecule has 4 atom stereocenters. The van der Waals surface area contributed by atoms with Crippen molar-refractivity contribution in [2.24, 2.45) is 17.8 Å². The molecule has 4 unspecified atom stereocenters. The van der Waals surface area contributed by atoms with Crippen LogP contribution in [0.1, 0.15) is 32.1 Å². The molecule has 18 heavy (non-hydrogen) atoms. The molecule has 0 radical (unpaired) electrons. The summed E-state index contributed by atoms with van der Waals surface area (Å²) < 4.78 is 5.57. The molecule has 1 aliphatic heterocycles. The van der Waals surface area contributed by atoms with E-state index in [9.17, 15) is 4.79 Å². The largest absolute Gasteiger partial charge is 0.374 e. The van der Waals surface area contributed by atoms with Gasteiger partial charge in [-0.3, -0.25) is 4.79 Å². The van der Waals surface area contributed by atoms with Crippen LogP contribution in [0, 0.1) is 17.8 Å². The van der Waals surface area contributed by atoms with E-state index in [-0.39, 0.29) is 12.0 Å². The summed E-state index contributed by atoms with van der Waals surface area (Å²) in [6.07, 6.45) is 6.33. The lowest BCUT2D eigenvalue weighted by Crippen LogP contribution is -2.45. The van der Waals surface area contributed by atoms with Crippen molar-refractivity contribution >= 4 is 5.91 Å². The molecule has 3 rings (SSSR count). The molecule has 0 spiro atoms. The van der Waals surface area contributed by atoms with Crippen LogP contribution in [0.3, 0.4) is 0 Å². The molecular weight excluding hydrogens is 228 g/mol. The highest BCUT2D eigenvalue weighted by molar-refractivity contribution is 5.76. The van der Waals surface area contributed by atoms with Crippen LogP contribution in [0.15, 0.2) is 0 Å². The zero-order chi connectivity index (χ0) is 12.4. The summed E-state index contributed by atoms with van der Waals surface area (Å²) in [6, 6.07) is 0. The van der Waals surface area contributed by atoms with Crippen LogP contribution in [0.5, 0.6) is 0 Å². The number of carbonyl (C=O) groups excluding carboxylic acids is 1. The first kappa shape index (κ1) is 12.4. The van der Waals surface area contributed by atoms with E-state index < -0.39 is 0 Å². The van der Waals surface area contributed by atoms with Crippen molar-refractivity contribution in [2.75, 3.05) is 26.2 Å². The van der Waals surface area contributed by atoms with Crippen LogP contribution in [-0.4, -0.2) is 38.3 Å². The molecule has 1 saturated heterocycles. The predicted octanol–water partition coefficient (Wildman–Crippen LogP) is 0.917. The molecule has 102 valence electrons. The first-order valence-corrected chi connectivity index (χ1v) is 7.40. The summed E-state index contributed by atoms with van der Waals surface area (Å²) >= 11 is 0. The minimum atomic E-state index is 0.155. The summed E-state index contributed by atoms with van der Waals surface area (Å²) in [5, 5.41) is 6.31. The van der Waals surface area contributed by atoms with Gasteiger partial charge >= 0.3 is 0 Å². The smallest absolute Gasteiger partial charge is 0.220 e. The van der Waals surface area contributed by atoms with Crippen molar-refractivity contribution in [1.29, 1.82) is 0 Å². The third-order valence-corrected chi connectivity index (χ3v) is 4.86. The maximum Gasteiger partial charge on any atom is 0.220 e. The number of rotatable bonds is 4. The second-order valence-corrected chi connectivity index (χ2v) is 6.14. The molecule has 4 heteroatoms. The quantitative estimate of drug-likeness (QED) is 0.782. The van der Waals surface area contributed by atoms with Crippen molar-refractivity contribution in [3.8, 4) is 0 Å². The third kappa shape index (κ3) is 2.86. The van der Waals surface area contributed by atoms with Crippen LogP contribution in [0.25, 0.3) is 0 Å². The number of amides is 1. The number of fused-ring (bicyclic) bond motifs is 2. The highest BCUT2D eigenvalue weighted by Crippen LogP contribution is 2.49. The minimum absolute atomic E-state index is 0.155. The summed E-state index contributed by atoms with van der Waals surface area (Å²) in [7, 11) is 0. The topological polar surface area (TPSA) is 50.4 Å². The first-order valence-electron chi connectivity index (χ1n) is 7.40. The molecule has 0 aromatic carbocycles. The van der Waals surface area contributed by atoms with Gasteiger partial charge in [0.2, 0.25) is 5.91 Å². The Balaban J connectivity index is 1.36. The molecule has 3 aliphatic rings. The van der Waals surface area contributed by atoms with Gasteiger partial charge in [-0.25, -0.2) is 0 Å². The van der Waals surface area contributed by atoms with E-state index in [4.69, 9.17) is 4.74 Å². The third-order valence-electron chi connectivity index (χ3n) is 4.86. The van der Waals surface area contributed by atoms with E-state index in [1.165, 1.54) is 25.7 Å². The first-order chi connectivity index (χ1) is 8.81. The summed E-state index contributed by atoms with van der Waals surface area (Å²) in [4.78, 5) is 11.9. The number of ether oxygens (including phenoxy) is 1. The molecule has 2 bridgehead atoms. The summed E-state index contributed by atoms with van der Waals surface area (Å²) in [5.74, 6) is 2.66. The van der Waals surface area contributed by atoms with Gasteiger partial charge < -0.3 is 15.4 Å². The monoisotopic (exact) mass is 252 g/mol. The van der Waals surface area contributed by atoms with Crippen molar-refractivity contribution in [2.45, 2.75) is 38.2 Å². The van der Waals surface area contributed by atoms with Gasteiger partial charge in [0.05, 0.1) is 12.7 Å². The van der Waals surface area contributed by atoms with E-state index in [0.29, 0.717) is 12.5 Å². The van der Waals surface area contributed by atoms with Crippen LogP contribution < -0.4 is 10.6 Å². The Morgan fingerprint density at radius 2 is 2.28 bits per heavy atom. The Kier molecular flexibility index (Phi) is 3.85. The molecule has 0 aromatic heterocycles. The number of hydrogen-bond acceptors (Lipinski definition) is 3. The molecule has 4 nitrogen and oxygen atoms in total. The second kappa shape index (κ2) is 5.57. The van der Waals surface area contributed by atoms with Gasteiger partial charge in [0.1, 0.15) is 0 Å². The van der Waals surface area contributed by atoms with E-state index >= 15 is 0 Å². The number of carbonyl (C=O) groups is 1. The van der Waals surface area contributed by atoms with Gasteiger partial charge in [-0.2, -0.15) is 0 Å². The summed E-state index contributed by atoms with van der Waals surface area (Å²) in [5.41, 5.74) is 0. The number of hydrogen-bond donors (Lipinski definition) is 2. The van der Waals surface area contributed by atoms with Gasteiger partial charge in [-0.05, 0) is 37.0 Å². The number of nitrogens with one attached hydrogen (secondary N) is 2. The normalized spacial score (nSPS) is 38.9. The van der Waals surface area contributed by atoms with Gasteiger partial charge in [-0.1, -0.05) is 6.42 Å². The van der Waals surface area contributed by atoms with Crippen molar-refractivity contribution in [1.82, 2.24) is 10.6 Å². The molecule has 0 aromatic rings. The SMILES string of the molecule is O=C(CC1CC2CCC1C2)NCC1CNCCO1. The second-order valence-electron chi connectivity index (χ2n) is 6.14. The van der Waals surface area contributed by atoms with E-state index in [2.05, 4.69) is 10.6 Å². The maximum absolute atomic E-state index is 11.9.